The first-order chi connectivity index (χ1) is 16.9. The highest BCUT2D eigenvalue weighted by Crippen LogP contribution is 2.21. The lowest BCUT2D eigenvalue weighted by Gasteiger charge is -2.19. The number of hydrogen-bond acceptors (Lipinski definition) is 6. The number of carbonyl (C=O) groups excluding carboxylic acids is 2. The van der Waals surface area contributed by atoms with Crippen molar-refractivity contribution in [3.8, 4) is 0 Å². The van der Waals surface area contributed by atoms with Crippen LogP contribution in [0.2, 0.25) is 0 Å². The first-order valence-corrected chi connectivity index (χ1v) is 12.5. The van der Waals surface area contributed by atoms with Gasteiger partial charge in [-0.25, -0.2) is 0 Å². The van der Waals surface area contributed by atoms with Gasteiger partial charge in [0, 0.05) is 35.1 Å². The van der Waals surface area contributed by atoms with Gasteiger partial charge in [0.05, 0.1) is 4.92 Å². The molecular formula is C26H28N4O4S. The molecule has 0 spiro atoms. The Kier molecular flexibility index (Phi) is 9.25. The topological polar surface area (TPSA) is 113 Å². The second kappa shape index (κ2) is 12.6. The monoisotopic (exact) mass is 492 g/mol. The number of rotatable bonds is 11. The zero-order chi connectivity index (χ0) is 25.2. The Morgan fingerprint density at radius 2 is 1.66 bits per heavy atom. The number of nitro groups is 1. The Bertz CT molecular complexity index is 1160. The second-order valence-corrected chi connectivity index (χ2v) is 8.94. The highest BCUT2D eigenvalue weighted by Gasteiger charge is 2.22. The maximum Gasteiger partial charge on any atom is 0.270 e. The molecule has 0 saturated heterocycles. The lowest BCUT2D eigenvalue weighted by atomic mass is 10.1. The van der Waals surface area contributed by atoms with Gasteiger partial charge < -0.3 is 16.0 Å². The molecule has 0 bridgehead atoms. The van der Waals surface area contributed by atoms with Crippen LogP contribution < -0.4 is 16.0 Å². The normalized spacial score (nSPS) is 12.3. The van der Waals surface area contributed by atoms with Crippen molar-refractivity contribution < 1.29 is 14.5 Å². The highest BCUT2D eigenvalue weighted by molar-refractivity contribution is 7.98. The minimum absolute atomic E-state index is 0.122. The molecule has 182 valence electrons. The van der Waals surface area contributed by atoms with E-state index in [1.165, 1.54) is 29.8 Å². The molecule has 2 amide bonds. The van der Waals surface area contributed by atoms with Crippen molar-refractivity contribution in [1.82, 2.24) is 5.32 Å². The van der Waals surface area contributed by atoms with Gasteiger partial charge in [0.15, 0.2) is 0 Å². The number of non-ortho nitro benzene ring substituents is 1. The molecule has 0 saturated carbocycles. The van der Waals surface area contributed by atoms with Gasteiger partial charge in [-0.15, -0.1) is 0 Å². The van der Waals surface area contributed by atoms with Gasteiger partial charge in [-0.1, -0.05) is 36.4 Å². The van der Waals surface area contributed by atoms with E-state index in [1.54, 1.807) is 23.9 Å². The van der Waals surface area contributed by atoms with Crippen LogP contribution in [0.4, 0.5) is 17.1 Å². The number of nitro benzene ring substituents is 1. The Balaban J connectivity index is 1.64. The van der Waals surface area contributed by atoms with Crippen LogP contribution in [0.25, 0.3) is 0 Å². The van der Waals surface area contributed by atoms with Crippen molar-refractivity contribution in [3.05, 3.63) is 100 Å². The van der Waals surface area contributed by atoms with Crippen LogP contribution in [0.15, 0.2) is 78.9 Å². The summed E-state index contributed by atoms with van der Waals surface area (Å²) in [6.45, 7) is 2.07. The Morgan fingerprint density at radius 1 is 0.971 bits per heavy atom. The summed E-state index contributed by atoms with van der Waals surface area (Å²) < 4.78 is 0. The molecule has 0 radical (unpaired) electrons. The van der Waals surface area contributed by atoms with E-state index >= 15 is 0 Å². The van der Waals surface area contributed by atoms with Gasteiger partial charge >= 0.3 is 0 Å². The summed E-state index contributed by atoms with van der Waals surface area (Å²) in [5.74, 6) is -0.228. The third-order valence-corrected chi connectivity index (χ3v) is 6.03. The number of benzene rings is 3. The van der Waals surface area contributed by atoms with Crippen molar-refractivity contribution in [2.45, 2.75) is 25.4 Å². The number of anilines is 2. The number of amides is 2. The molecule has 0 fully saturated rings. The Morgan fingerprint density at radius 3 is 2.31 bits per heavy atom. The van der Waals surface area contributed by atoms with E-state index in [1.807, 2.05) is 36.6 Å². The zero-order valence-electron chi connectivity index (χ0n) is 19.6. The quantitative estimate of drug-likeness (QED) is 0.249. The fourth-order valence-corrected chi connectivity index (χ4v) is 3.93. The standard InChI is InChI=1S/C26H28N4O4S/c1-18(19-7-4-3-5-8-19)27-21-11-13-22(14-12-21)28-26(32)24(15-16-35-2)29-25(31)20-9-6-10-23(17-20)30(33)34/h3-14,17-18,24,27H,15-16H2,1-2H3,(H,28,32)(H,29,31). The molecule has 3 N–H and O–H groups in total. The fraction of sp³-hybridized carbons (Fsp3) is 0.231. The molecule has 2 unspecified atom stereocenters. The number of carbonyl (C=O) groups is 2. The van der Waals surface area contributed by atoms with Crippen molar-refractivity contribution in [1.29, 1.82) is 0 Å². The fourth-order valence-electron chi connectivity index (χ4n) is 3.46. The molecule has 3 aromatic rings. The highest BCUT2D eigenvalue weighted by atomic mass is 32.2. The summed E-state index contributed by atoms with van der Waals surface area (Å²) >= 11 is 1.56. The smallest absolute Gasteiger partial charge is 0.270 e. The molecule has 0 heterocycles. The van der Waals surface area contributed by atoms with Crippen molar-refractivity contribution in [2.24, 2.45) is 0 Å². The van der Waals surface area contributed by atoms with Crippen LogP contribution in [-0.4, -0.2) is 34.8 Å². The van der Waals surface area contributed by atoms with Crippen LogP contribution in [-0.2, 0) is 4.79 Å². The number of hydrogen-bond donors (Lipinski definition) is 3. The van der Waals surface area contributed by atoms with Crippen LogP contribution in [0.5, 0.6) is 0 Å². The third kappa shape index (κ3) is 7.58. The maximum atomic E-state index is 12.9. The van der Waals surface area contributed by atoms with Gasteiger partial charge in [-0.2, -0.15) is 11.8 Å². The number of thioether (sulfide) groups is 1. The van der Waals surface area contributed by atoms with E-state index in [0.717, 1.165) is 5.69 Å². The van der Waals surface area contributed by atoms with Gasteiger partial charge in [-0.05, 0) is 61.2 Å². The van der Waals surface area contributed by atoms with Crippen LogP contribution in [0.1, 0.15) is 35.3 Å². The van der Waals surface area contributed by atoms with E-state index in [2.05, 4.69) is 35.0 Å². The molecule has 2 atom stereocenters. The van der Waals surface area contributed by atoms with Crippen molar-refractivity contribution in [3.63, 3.8) is 0 Å². The minimum atomic E-state index is -0.787. The van der Waals surface area contributed by atoms with E-state index in [9.17, 15) is 19.7 Å². The van der Waals surface area contributed by atoms with E-state index in [-0.39, 0.29) is 23.2 Å². The summed E-state index contributed by atoms with van der Waals surface area (Å²) in [5.41, 5.74) is 2.63. The van der Waals surface area contributed by atoms with Crippen molar-refractivity contribution in [2.75, 3.05) is 22.6 Å². The molecular weight excluding hydrogens is 464 g/mol. The lowest BCUT2D eigenvalue weighted by Crippen LogP contribution is -2.44. The van der Waals surface area contributed by atoms with Gasteiger partial charge in [0.1, 0.15) is 6.04 Å². The summed E-state index contributed by atoms with van der Waals surface area (Å²) in [6.07, 6.45) is 2.33. The molecule has 0 aliphatic heterocycles. The zero-order valence-corrected chi connectivity index (χ0v) is 20.4. The van der Waals surface area contributed by atoms with Crippen LogP contribution in [0.3, 0.4) is 0 Å². The van der Waals surface area contributed by atoms with E-state index in [0.29, 0.717) is 17.9 Å². The summed E-state index contributed by atoms with van der Waals surface area (Å²) in [6, 6.07) is 22.2. The average molecular weight is 493 g/mol. The second-order valence-electron chi connectivity index (χ2n) is 7.96. The molecule has 3 rings (SSSR count). The van der Waals surface area contributed by atoms with Crippen LogP contribution in [0, 0.1) is 10.1 Å². The van der Waals surface area contributed by atoms with Gasteiger partial charge in [0.25, 0.3) is 11.6 Å². The summed E-state index contributed by atoms with van der Waals surface area (Å²) in [7, 11) is 0. The molecule has 0 aromatic heterocycles. The SMILES string of the molecule is CSCCC(NC(=O)c1cccc([N+](=O)[O-])c1)C(=O)Nc1ccc(NC(C)c2ccccc2)cc1. The predicted molar refractivity (Wildman–Crippen MR) is 141 cm³/mol. The predicted octanol–water partition coefficient (Wildman–Crippen LogP) is 5.26. The molecule has 3 aromatic carbocycles. The summed E-state index contributed by atoms with van der Waals surface area (Å²) in [5, 5.41) is 20.0. The summed E-state index contributed by atoms with van der Waals surface area (Å²) in [4.78, 5) is 36.1. The average Bonchev–Trinajstić information content (AvgIpc) is 2.88. The van der Waals surface area contributed by atoms with E-state index in [4.69, 9.17) is 0 Å². The number of nitrogens with zero attached hydrogens (tertiary/aromatic N) is 1. The van der Waals surface area contributed by atoms with Gasteiger partial charge in [0.2, 0.25) is 5.91 Å². The first kappa shape index (κ1) is 25.8. The Hall–Kier alpha value is -3.85. The molecule has 35 heavy (non-hydrogen) atoms. The molecule has 8 nitrogen and oxygen atoms in total. The van der Waals surface area contributed by atoms with Crippen molar-refractivity contribution >= 4 is 40.6 Å². The first-order valence-electron chi connectivity index (χ1n) is 11.1. The molecule has 9 heteroatoms. The van der Waals surface area contributed by atoms with Crippen LogP contribution >= 0.6 is 11.8 Å². The largest absolute Gasteiger partial charge is 0.379 e. The third-order valence-electron chi connectivity index (χ3n) is 5.39. The Labute approximate surface area is 208 Å². The number of nitrogens with one attached hydrogen (secondary N) is 3. The molecule has 0 aliphatic rings. The lowest BCUT2D eigenvalue weighted by molar-refractivity contribution is -0.384. The van der Waals surface area contributed by atoms with Gasteiger partial charge in [-0.3, -0.25) is 19.7 Å². The van der Waals surface area contributed by atoms with E-state index < -0.39 is 16.9 Å². The minimum Gasteiger partial charge on any atom is -0.379 e. The maximum absolute atomic E-state index is 12.9. The molecule has 0 aliphatic carbocycles.